The van der Waals surface area contributed by atoms with Gasteiger partial charge in [0, 0.05) is 160 Å². The zero-order valence-corrected chi connectivity index (χ0v) is 66.8. The lowest BCUT2D eigenvalue weighted by Gasteiger charge is -2.33. The van der Waals surface area contributed by atoms with Crippen molar-refractivity contribution in [3.8, 4) is 45.0 Å². The van der Waals surface area contributed by atoms with Gasteiger partial charge < -0.3 is 90.0 Å². The molecular formula is C78H88N34O6S. The number of H-pyrrole nitrogens is 1. The highest BCUT2D eigenvalue weighted by atomic mass is 32.1. The molecule has 40 nitrogen and oxygen atoms in total. The molecule has 4 unspecified atom stereocenters. The van der Waals surface area contributed by atoms with Gasteiger partial charge in [0.05, 0.1) is 101 Å². The Hall–Kier alpha value is -13.4. The molecule has 2 amide bonds. The Morgan fingerprint density at radius 2 is 0.908 bits per heavy atom. The van der Waals surface area contributed by atoms with E-state index < -0.39 is 0 Å². The number of benzene rings is 1. The number of hydrogen-bond acceptors (Lipinski definition) is 35. The van der Waals surface area contributed by atoms with Gasteiger partial charge >= 0.3 is 0 Å². The number of amides is 2. The lowest BCUT2D eigenvalue weighted by Crippen LogP contribution is -2.44. The summed E-state index contributed by atoms with van der Waals surface area (Å²) < 4.78 is 28.2. The first-order valence-corrected chi connectivity index (χ1v) is 40.2. The zero-order chi connectivity index (χ0) is 81.6. The van der Waals surface area contributed by atoms with Crippen LogP contribution in [0.2, 0.25) is 0 Å². The molecule has 6 aliphatic heterocycles. The van der Waals surface area contributed by atoms with Gasteiger partial charge in [-0.1, -0.05) is 25.1 Å². The molecule has 119 heavy (non-hydrogen) atoms. The van der Waals surface area contributed by atoms with Crippen LogP contribution in [0.4, 0.5) is 47.6 Å². The Morgan fingerprint density at radius 1 is 0.479 bits per heavy atom. The maximum atomic E-state index is 13.0. The number of nitrogens with two attached hydrogens (primary N) is 4. The minimum absolute atomic E-state index is 0.0425. The molecular weight excluding hydrogens is 1540 g/mol. The van der Waals surface area contributed by atoms with E-state index >= 15 is 0 Å². The molecule has 0 radical (unpaired) electrons. The predicted molar refractivity (Wildman–Crippen MR) is 446 cm³/mol. The van der Waals surface area contributed by atoms with Crippen molar-refractivity contribution in [2.75, 3.05) is 167 Å². The largest absolute Gasteiger partial charge is 0.378 e. The molecule has 14 aromatic rings. The highest BCUT2D eigenvalue weighted by molar-refractivity contribution is 7.13. The van der Waals surface area contributed by atoms with E-state index in [4.69, 9.17) is 71.8 Å². The molecule has 20 rings (SSSR count). The fraction of sp³-hybridized carbons (Fsp3) is 0.385. The van der Waals surface area contributed by atoms with E-state index in [-0.39, 0.29) is 59.8 Å². The summed E-state index contributed by atoms with van der Waals surface area (Å²) in [5.41, 5.74) is 34.8. The lowest BCUT2D eigenvalue weighted by atomic mass is 10.2. The number of nitrogens with zero attached hydrogens (tertiary/aromatic N) is 29. The van der Waals surface area contributed by atoms with Gasteiger partial charge in [0.1, 0.15) is 44.8 Å². The highest BCUT2D eigenvalue weighted by Gasteiger charge is 2.35. The van der Waals surface area contributed by atoms with Crippen LogP contribution >= 0.6 is 11.3 Å². The van der Waals surface area contributed by atoms with E-state index in [0.29, 0.717) is 168 Å². The number of aryl methyl sites for hydroxylation is 1. The summed E-state index contributed by atoms with van der Waals surface area (Å²) >= 11 is 1.53. The molecule has 1 aromatic carbocycles. The molecule has 0 bridgehead atoms. The number of carbonyl (C=O) groups excluding carboxylic acids is 2. The van der Waals surface area contributed by atoms with Crippen LogP contribution in [0.1, 0.15) is 83.1 Å². The third-order valence-corrected chi connectivity index (χ3v) is 22.5. The van der Waals surface area contributed by atoms with Crippen molar-refractivity contribution in [2.45, 2.75) is 71.1 Å². The van der Waals surface area contributed by atoms with Crippen molar-refractivity contribution in [1.82, 2.24) is 128 Å². The lowest BCUT2D eigenvalue weighted by molar-refractivity contribution is 0.0782. The smallest absolute Gasteiger partial charge is 0.263 e. The number of aromatic nitrogens is 24. The first kappa shape index (κ1) is 78.2. The van der Waals surface area contributed by atoms with E-state index in [0.717, 1.165) is 105 Å². The standard InChI is InChI=1S/C24H25N9O2.C23H25N9O2S.C18H24N8O.C13H14N8O/c25-23-26-12-17(13-27-23)19-20-21(30-24(29-19)31-8-10-35-11-9-31)33(15-28-20)18-6-7-32(14-18)22(34)16-4-2-1-3-5-16;1-14-2-3-17(35-14)21(33)31-5-4-16(12-31)32-13-27-19-18(15-10-25-22(24)26-11-15)28-23(29-20(19)32)30-6-8-34-9-7-30;1-4-11(2)26-10-22-15-14(13-7-20-17(19)21-8-13)23-18(24-16(15)26)25-5-6-27-9-12(25)3;14-12-15-5-8(6-16-12)9-10-11(18-7-17-10)20-13(19-9)21-1-3-22-4-2-21/h1-5,12-13,15,18H,6-11,14H2,(H2,25,26,27);2-3,10-11,13,16H,4-9,12H2,1H3,(H2,24,25,26);7-8,10-12H,4-6,9H2,1-3H3,(H2,19,20,21);5-7H,1-4H2,(H2,14,15,16)(H,17,18,19,20). The Balaban J connectivity index is 0.000000115. The van der Waals surface area contributed by atoms with Gasteiger partial charge in [0.2, 0.25) is 47.6 Å². The van der Waals surface area contributed by atoms with Crippen molar-refractivity contribution in [3.05, 3.63) is 133 Å². The summed E-state index contributed by atoms with van der Waals surface area (Å²) in [4.78, 5) is 133. The third-order valence-electron chi connectivity index (χ3n) is 21.5. The maximum absolute atomic E-state index is 13.0. The molecule has 19 heterocycles. The normalized spacial score (nSPS) is 17.9. The van der Waals surface area contributed by atoms with E-state index in [1.165, 1.54) is 11.3 Å². The molecule has 6 aliphatic rings. The van der Waals surface area contributed by atoms with Crippen LogP contribution in [0.15, 0.2) is 117 Å². The van der Waals surface area contributed by atoms with Gasteiger partial charge in [-0.2, -0.15) is 19.9 Å². The SMILES string of the molecule is CCC(C)n1cnc2c(-c3cnc(N)nc3)nc(N3CCOCC3C)nc21.Cc1ccc(C(=O)N2CCC(n3cnc4c(-c5cnc(N)nc5)nc(N5CCOCC5)nc43)C2)s1.Nc1ncc(-c2nc(N3CCOCC3)nc3c2ncn3C2CCN(C(=O)c3ccccc3)C2)cn1.Nc1ncc(-c2nc(N3CCOCC3)nc3nc[nH]c23)cn1. The number of likely N-dealkylation sites (tertiary alicyclic amines) is 2. The average molecular weight is 1630 g/mol. The Kier molecular flexibility index (Phi) is 22.9. The molecule has 0 saturated carbocycles. The molecule has 0 aliphatic carbocycles. The number of carbonyl (C=O) groups is 2. The van der Waals surface area contributed by atoms with Gasteiger partial charge in [-0.15, -0.1) is 11.3 Å². The quantitative estimate of drug-likeness (QED) is 0.0804. The summed E-state index contributed by atoms with van der Waals surface area (Å²) in [6, 6.07) is 13.9. The second kappa shape index (κ2) is 34.8. The number of morpholine rings is 4. The number of hydrogen-bond donors (Lipinski definition) is 5. The number of rotatable bonds is 14. The van der Waals surface area contributed by atoms with Crippen molar-refractivity contribution in [2.24, 2.45) is 0 Å². The second-order valence-electron chi connectivity index (χ2n) is 29.2. The van der Waals surface area contributed by atoms with Crippen molar-refractivity contribution >= 4 is 115 Å². The van der Waals surface area contributed by atoms with Crippen molar-refractivity contribution < 1.29 is 28.5 Å². The molecule has 13 aromatic heterocycles. The number of ether oxygens (including phenoxy) is 4. The van der Waals surface area contributed by atoms with Crippen LogP contribution in [0.3, 0.4) is 0 Å². The summed E-state index contributed by atoms with van der Waals surface area (Å²) in [5, 5.41) is 0. The van der Waals surface area contributed by atoms with Crippen LogP contribution in [-0.2, 0) is 18.9 Å². The molecule has 4 atom stereocenters. The molecule has 612 valence electrons. The fourth-order valence-electron chi connectivity index (χ4n) is 14.9. The summed E-state index contributed by atoms with van der Waals surface area (Å²) in [7, 11) is 0. The van der Waals surface area contributed by atoms with E-state index in [2.05, 4.69) is 129 Å². The fourth-order valence-corrected chi connectivity index (χ4v) is 15.7. The van der Waals surface area contributed by atoms with Gasteiger partial charge in [0.15, 0.2) is 22.6 Å². The number of imidazole rings is 4. The molecule has 6 fully saturated rings. The summed E-state index contributed by atoms with van der Waals surface area (Å²) in [5.74, 6) is 3.54. The molecule has 0 spiro atoms. The van der Waals surface area contributed by atoms with E-state index in [1.807, 2.05) is 65.5 Å². The first-order chi connectivity index (χ1) is 58.1. The van der Waals surface area contributed by atoms with Crippen molar-refractivity contribution in [3.63, 3.8) is 0 Å². The second-order valence-corrected chi connectivity index (χ2v) is 30.5. The number of thiophene rings is 1. The Bertz CT molecular complexity index is 5880. The van der Waals surface area contributed by atoms with Crippen LogP contribution in [0.5, 0.6) is 0 Å². The molecule has 9 N–H and O–H groups in total. The molecule has 6 saturated heterocycles. The number of nitrogen functional groups attached to an aromatic ring is 4. The summed E-state index contributed by atoms with van der Waals surface area (Å²) in [6.45, 7) is 21.3. The number of nitrogens with one attached hydrogen (secondary N) is 1. The Labute approximate surface area is 685 Å². The maximum Gasteiger partial charge on any atom is 0.263 e. The van der Waals surface area contributed by atoms with Crippen LogP contribution in [0.25, 0.3) is 89.7 Å². The monoisotopic (exact) mass is 1630 g/mol. The van der Waals surface area contributed by atoms with Gasteiger partial charge in [0.25, 0.3) is 11.8 Å². The summed E-state index contributed by atoms with van der Waals surface area (Å²) in [6.07, 6.45) is 23.0. The van der Waals surface area contributed by atoms with Gasteiger partial charge in [-0.05, 0) is 64.3 Å². The first-order valence-electron chi connectivity index (χ1n) is 39.4. The van der Waals surface area contributed by atoms with Gasteiger partial charge in [-0.3, -0.25) is 9.59 Å². The molecule has 41 heteroatoms. The Morgan fingerprint density at radius 3 is 1.38 bits per heavy atom. The van der Waals surface area contributed by atoms with Crippen LogP contribution in [-0.4, -0.2) is 271 Å². The van der Waals surface area contributed by atoms with Crippen molar-refractivity contribution in [1.29, 1.82) is 0 Å². The van der Waals surface area contributed by atoms with E-state index in [9.17, 15) is 9.59 Å². The van der Waals surface area contributed by atoms with Crippen LogP contribution in [0, 0.1) is 6.92 Å². The van der Waals surface area contributed by atoms with Crippen LogP contribution < -0.4 is 42.5 Å². The zero-order valence-electron chi connectivity index (χ0n) is 66.0. The topological polar surface area (TPSA) is 483 Å². The highest BCUT2D eigenvalue weighted by Crippen LogP contribution is 2.37. The third kappa shape index (κ3) is 16.9. The number of aromatic amines is 1. The minimum atomic E-state index is 0.0425. The number of fused-ring (bicyclic) bond motifs is 4. The predicted octanol–water partition coefficient (Wildman–Crippen LogP) is 6.24. The average Bonchev–Trinajstić information content (AvgIpc) is 1.68. The minimum Gasteiger partial charge on any atom is -0.378 e. The van der Waals surface area contributed by atoms with Gasteiger partial charge in [-0.25, -0.2) is 79.7 Å². The van der Waals surface area contributed by atoms with E-state index in [1.54, 1.807) is 68.6 Å². The number of anilines is 8.